The van der Waals surface area contributed by atoms with E-state index in [9.17, 15) is 78.7 Å². The number of nitrogens with two attached hydrogens (primary N) is 2. The van der Waals surface area contributed by atoms with Gasteiger partial charge in [0, 0.05) is 50.0 Å². The van der Waals surface area contributed by atoms with Crippen LogP contribution in [-0.2, 0) is 24.2 Å². The normalized spacial score (nSPS) is 19.2. The molecule has 0 bridgehead atoms. The molecule has 0 aliphatic carbocycles. The van der Waals surface area contributed by atoms with Gasteiger partial charge in [-0.25, -0.2) is 4.18 Å². The number of nitrogens with zero attached hydrogens (tertiary/aromatic N) is 1. The minimum absolute atomic E-state index is 0.00169. The van der Waals surface area contributed by atoms with Crippen LogP contribution in [0.5, 0.6) is 0 Å². The van der Waals surface area contributed by atoms with Crippen molar-refractivity contribution in [2.75, 3.05) is 6.54 Å². The lowest BCUT2D eigenvalue weighted by Gasteiger charge is -2.25. The van der Waals surface area contributed by atoms with Crippen LogP contribution in [0.3, 0.4) is 0 Å². The van der Waals surface area contributed by atoms with Crippen molar-refractivity contribution in [3.8, 4) is 0 Å². The second-order valence-electron chi connectivity index (χ2n) is 21.9. The van der Waals surface area contributed by atoms with Crippen molar-refractivity contribution in [3.05, 3.63) is 146 Å². The molecule has 0 radical (unpaired) electrons. The van der Waals surface area contributed by atoms with E-state index in [1.807, 2.05) is 31.2 Å². The maximum atomic E-state index is 13.1. The van der Waals surface area contributed by atoms with Crippen molar-refractivity contribution < 1.29 is 82.9 Å². The Labute approximate surface area is 511 Å². The number of Topliss-reactive ketones (excluding diaryl/α,β-unsaturated/α-hetero) is 1. The van der Waals surface area contributed by atoms with Crippen molar-refractivity contribution in [1.29, 1.82) is 0 Å². The second-order valence-corrected chi connectivity index (χ2v) is 23.0. The van der Waals surface area contributed by atoms with Crippen LogP contribution in [0.4, 0.5) is 0 Å². The number of hydrogen-bond donors (Lipinski definition) is 15. The summed E-state index contributed by atoms with van der Waals surface area (Å²) in [6.07, 6.45) is 27.8. The molecule has 22 heteroatoms. The molecule has 0 rings (SSSR count). The molecule has 0 aliphatic heterocycles. The Kier molecular flexibility index (Phi) is 45.0. The third-order valence-electron chi connectivity index (χ3n) is 13.6. The number of aliphatic hydroxyl groups is 11. The monoisotopic (exact) mass is 1230 g/mol. The van der Waals surface area contributed by atoms with Gasteiger partial charge in [-0.2, -0.15) is 8.42 Å². The molecule has 0 aromatic carbocycles. The molecule has 0 aromatic heterocycles. The fourth-order valence-corrected chi connectivity index (χ4v) is 8.86. The van der Waals surface area contributed by atoms with E-state index in [-0.39, 0.29) is 88.0 Å². The summed E-state index contributed by atoms with van der Waals surface area (Å²) in [5.74, 6) is -2.75. The van der Waals surface area contributed by atoms with Crippen LogP contribution in [0.25, 0.3) is 0 Å². The molecule has 0 heterocycles. The smallest absolute Gasteiger partial charge is 0.393 e. The Morgan fingerprint density at radius 2 is 1.05 bits per heavy atom. The van der Waals surface area contributed by atoms with Gasteiger partial charge in [0.1, 0.15) is 5.78 Å². The molecule has 16 unspecified atom stereocenters. The largest absolute Gasteiger partial charge is 0.397 e. The second kappa shape index (κ2) is 47.9. The van der Waals surface area contributed by atoms with Crippen LogP contribution in [0.2, 0.25) is 0 Å². The molecule has 488 valence electrons. The number of carbonyl (C=O) groups excluding carboxylic acids is 2. The SMILES string of the molecule is C=C/C=C/CC/C=C/C(C)C(O)C(C)C(O)/C=C/C=C/C=C/C=C/C=C/C=C/CC(OS(=O)(=O)O)C(C)C(=O)CC(O)CC(O)/C=C/CC(O)CC(O)CC(O)/C=C/CC(O)CC(O)/C=C/CC(O)CC(O)CCCN=C(N)NC(=O)C(N)C(C)C. The highest BCUT2D eigenvalue weighted by atomic mass is 32.3. The van der Waals surface area contributed by atoms with Gasteiger partial charge >= 0.3 is 10.4 Å². The van der Waals surface area contributed by atoms with Gasteiger partial charge in [0.05, 0.1) is 79.3 Å². The molecule has 0 aromatic rings. The first-order valence-electron chi connectivity index (χ1n) is 29.5. The summed E-state index contributed by atoms with van der Waals surface area (Å²) < 4.78 is 37.4. The number of allylic oxidation sites excluding steroid dienone is 14. The van der Waals surface area contributed by atoms with E-state index in [1.54, 1.807) is 106 Å². The number of aliphatic hydroxyl groups excluding tert-OH is 11. The van der Waals surface area contributed by atoms with E-state index in [0.717, 1.165) is 12.8 Å². The topological polar surface area (TPSA) is 397 Å². The van der Waals surface area contributed by atoms with Gasteiger partial charge in [0.25, 0.3) is 0 Å². The van der Waals surface area contributed by atoms with Crippen molar-refractivity contribution in [3.63, 3.8) is 0 Å². The molecule has 17 N–H and O–H groups in total. The van der Waals surface area contributed by atoms with Gasteiger partial charge in [0.2, 0.25) is 5.91 Å². The zero-order valence-electron chi connectivity index (χ0n) is 50.8. The summed E-state index contributed by atoms with van der Waals surface area (Å²) in [6.45, 7) is 12.6. The van der Waals surface area contributed by atoms with Crippen LogP contribution in [-0.4, -0.2) is 173 Å². The third kappa shape index (κ3) is 43.5. The van der Waals surface area contributed by atoms with Crippen LogP contribution < -0.4 is 16.8 Å². The van der Waals surface area contributed by atoms with E-state index in [2.05, 4.69) is 16.9 Å². The highest BCUT2D eigenvalue weighted by Crippen LogP contribution is 2.21. The number of hydrogen-bond acceptors (Lipinski definition) is 18. The first-order valence-corrected chi connectivity index (χ1v) is 30.9. The van der Waals surface area contributed by atoms with Gasteiger partial charge in [-0.15, -0.1) is 0 Å². The van der Waals surface area contributed by atoms with Gasteiger partial charge in [-0.3, -0.25) is 24.5 Å². The molecule has 0 aliphatic rings. The summed E-state index contributed by atoms with van der Waals surface area (Å²) >= 11 is 0. The molecule has 0 saturated heterocycles. The van der Waals surface area contributed by atoms with Crippen molar-refractivity contribution in [2.45, 2.75) is 204 Å². The van der Waals surface area contributed by atoms with Gasteiger partial charge < -0.3 is 67.6 Å². The zero-order valence-corrected chi connectivity index (χ0v) is 51.6. The van der Waals surface area contributed by atoms with Gasteiger partial charge in [-0.05, 0) is 70.1 Å². The minimum Gasteiger partial charge on any atom is -0.393 e. The van der Waals surface area contributed by atoms with Crippen LogP contribution >= 0.6 is 0 Å². The number of nitrogens with one attached hydrogen (secondary N) is 1. The average Bonchev–Trinajstić information content (AvgIpc) is 3.64. The van der Waals surface area contributed by atoms with Gasteiger partial charge in [-0.1, -0.05) is 181 Å². The lowest BCUT2D eigenvalue weighted by atomic mass is 9.88. The van der Waals surface area contributed by atoms with Crippen molar-refractivity contribution in [1.82, 2.24) is 5.32 Å². The first kappa shape index (κ1) is 80.9. The van der Waals surface area contributed by atoms with Crippen LogP contribution in [0.15, 0.2) is 151 Å². The Morgan fingerprint density at radius 1 is 0.570 bits per heavy atom. The number of rotatable bonds is 47. The molecular weight excluding hydrogens is 1130 g/mol. The number of amides is 1. The standard InChI is InChI=1S/C64H104N4O17S/c1-7-8-9-10-18-21-28-46(4)62(80)48(6)58(78)36-22-19-16-14-12-11-13-15-17-20-23-37-60(85-86(82,83)84)47(5)59(79)44-57(77)43-54(74)34-26-33-53(73)42-56(76)41-52(72)32-25-31-50(70)39-49(69)29-24-30-51(71)40-55(75)35-27-38-67-64(66)68-63(81)61(65)45(2)3/h7-9,11-17,19-26,28-29,32,34,36,45-58,60-62,69-78,80H,1,10,18,27,30-31,33,35,37-44,65H2,2-6H3,(H,82,83,84)(H3,66,67,68,81)/b9-8+,13-11+,14-12+,17-15+,19-16+,23-20+,28-21+,29-24+,32-25+,34-26+,36-22+. The summed E-state index contributed by atoms with van der Waals surface area (Å²) in [7, 11) is -4.95. The number of ketones is 1. The highest BCUT2D eigenvalue weighted by molar-refractivity contribution is 7.80. The fourth-order valence-electron chi connectivity index (χ4n) is 8.30. The van der Waals surface area contributed by atoms with E-state index in [1.165, 1.54) is 37.3 Å². The summed E-state index contributed by atoms with van der Waals surface area (Å²) in [6, 6.07) is -0.721. The van der Waals surface area contributed by atoms with E-state index < -0.39 is 114 Å². The summed E-state index contributed by atoms with van der Waals surface area (Å²) in [4.78, 5) is 29.1. The number of unbranched alkanes of at least 4 members (excludes halogenated alkanes) is 1. The Morgan fingerprint density at radius 3 is 1.57 bits per heavy atom. The van der Waals surface area contributed by atoms with Crippen molar-refractivity contribution in [2.24, 2.45) is 40.1 Å². The van der Waals surface area contributed by atoms with E-state index in [4.69, 9.17) is 15.7 Å². The average molecular weight is 1230 g/mol. The Balaban J connectivity index is 4.75. The maximum absolute atomic E-state index is 13.1. The quantitative estimate of drug-likeness (QED) is 0.00971. The predicted molar refractivity (Wildman–Crippen MR) is 338 cm³/mol. The zero-order chi connectivity index (χ0) is 65.0. The first-order chi connectivity index (χ1) is 40.6. The lowest BCUT2D eigenvalue weighted by Crippen LogP contribution is -2.48. The number of aliphatic imine (C=N–C) groups is 1. The lowest BCUT2D eigenvalue weighted by molar-refractivity contribution is -0.127. The maximum Gasteiger partial charge on any atom is 0.397 e. The minimum atomic E-state index is -4.95. The molecule has 0 fully saturated rings. The molecule has 86 heavy (non-hydrogen) atoms. The fraction of sp³-hybridized carbons (Fsp3) is 0.578. The molecular formula is C64H104N4O17S. The third-order valence-corrected chi connectivity index (χ3v) is 14.1. The molecule has 16 atom stereocenters. The Bertz CT molecular complexity index is 2360. The molecule has 0 saturated carbocycles. The highest BCUT2D eigenvalue weighted by Gasteiger charge is 2.30. The number of guanidine groups is 1. The molecule has 1 amide bonds. The van der Waals surface area contributed by atoms with Crippen molar-refractivity contribution >= 4 is 28.0 Å². The Hall–Kier alpha value is -5.12. The summed E-state index contributed by atoms with van der Waals surface area (Å²) in [5.41, 5.74) is 11.5. The number of carbonyl (C=O) groups is 2. The molecule has 0 spiro atoms. The van der Waals surface area contributed by atoms with Gasteiger partial charge in [0.15, 0.2) is 5.96 Å². The predicted octanol–water partition coefficient (Wildman–Crippen LogP) is 4.80. The summed E-state index contributed by atoms with van der Waals surface area (Å²) in [5, 5.41) is 117. The van der Waals surface area contributed by atoms with E-state index in [0.29, 0.717) is 12.8 Å². The van der Waals surface area contributed by atoms with Crippen LogP contribution in [0, 0.1) is 23.7 Å². The van der Waals surface area contributed by atoms with E-state index >= 15 is 0 Å². The van der Waals surface area contributed by atoms with Crippen LogP contribution in [0.1, 0.15) is 125 Å². The molecule has 21 nitrogen and oxygen atoms in total.